The summed E-state index contributed by atoms with van der Waals surface area (Å²) in [7, 11) is 1.45. The molecule has 0 radical (unpaired) electrons. The minimum atomic E-state index is -1.04. The predicted octanol–water partition coefficient (Wildman–Crippen LogP) is 1.06. The number of hydrogen-bond donors (Lipinski definition) is 1. The molecule has 0 saturated carbocycles. The second-order valence-corrected chi connectivity index (χ2v) is 4.03. The number of urea groups is 1. The molecule has 2 rings (SSSR count). The van der Waals surface area contributed by atoms with Crippen LogP contribution in [-0.4, -0.2) is 46.6 Å². The van der Waals surface area contributed by atoms with Crippen LogP contribution in [0.25, 0.3) is 0 Å². The van der Waals surface area contributed by atoms with Crippen LogP contribution in [0, 0.1) is 0 Å². The number of anilines is 1. The maximum Gasteiger partial charge on any atom is 0.328 e. The molecule has 1 aliphatic heterocycles. The molecule has 1 saturated heterocycles. The Balaban J connectivity index is 2.33. The van der Waals surface area contributed by atoms with Gasteiger partial charge in [-0.1, -0.05) is 11.6 Å². The molecular formula is C10H10ClN3O3. The van der Waals surface area contributed by atoms with Crippen molar-refractivity contribution in [2.24, 2.45) is 0 Å². The molecule has 1 aromatic heterocycles. The number of amides is 2. The number of carboxylic acid groups (broad SMARTS) is 1. The van der Waals surface area contributed by atoms with E-state index in [-0.39, 0.29) is 11.7 Å². The van der Waals surface area contributed by atoms with E-state index in [4.69, 9.17) is 16.7 Å². The molecule has 0 aromatic carbocycles. The van der Waals surface area contributed by atoms with Crippen molar-refractivity contribution in [3.8, 4) is 0 Å². The van der Waals surface area contributed by atoms with Crippen LogP contribution in [0.2, 0.25) is 5.15 Å². The van der Waals surface area contributed by atoms with E-state index in [1.807, 2.05) is 0 Å². The fourth-order valence-electron chi connectivity index (χ4n) is 1.72. The van der Waals surface area contributed by atoms with Gasteiger partial charge in [0.05, 0.1) is 12.2 Å². The van der Waals surface area contributed by atoms with Crippen molar-refractivity contribution >= 4 is 29.3 Å². The monoisotopic (exact) mass is 255 g/mol. The van der Waals surface area contributed by atoms with Crippen molar-refractivity contribution in [1.82, 2.24) is 9.88 Å². The normalized spacial score (nSPS) is 19.9. The molecule has 1 unspecified atom stereocenters. The number of hydrogen-bond acceptors (Lipinski definition) is 3. The van der Waals surface area contributed by atoms with Gasteiger partial charge in [0.2, 0.25) is 0 Å². The van der Waals surface area contributed by atoms with Gasteiger partial charge in [0.1, 0.15) is 6.04 Å². The first-order valence-electron chi connectivity index (χ1n) is 4.90. The SMILES string of the molecule is CN1C(=O)N(c2cccnc2Cl)CC1C(=O)O. The number of aromatic nitrogens is 1. The zero-order valence-corrected chi connectivity index (χ0v) is 9.76. The summed E-state index contributed by atoms with van der Waals surface area (Å²) in [6.45, 7) is 0.0656. The Morgan fingerprint density at radius 1 is 1.65 bits per heavy atom. The van der Waals surface area contributed by atoms with Crippen LogP contribution in [-0.2, 0) is 4.79 Å². The highest BCUT2D eigenvalue weighted by Gasteiger charge is 2.40. The Hall–Kier alpha value is -1.82. The lowest BCUT2D eigenvalue weighted by Gasteiger charge is -2.16. The first-order valence-corrected chi connectivity index (χ1v) is 5.28. The van der Waals surface area contributed by atoms with Crippen LogP contribution in [0.4, 0.5) is 10.5 Å². The second-order valence-electron chi connectivity index (χ2n) is 3.67. The summed E-state index contributed by atoms with van der Waals surface area (Å²) >= 11 is 5.87. The summed E-state index contributed by atoms with van der Waals surface area (Å²) in [5.41, 5.74) is 0.426. The summed E-state index contributed by atoms with van der Waals surface area (Å²) in [5.74, 6) is -1.04. The van der Waals surface area contributed by atoms with Gasteiger partial charge in [0.25, 0.3) is 0 Å². The van der Waals surface area contributed by atoms with E-state index in [0.29, 0.717) is 5.69 Å². The first kappa shape index (κ1) is 11.7. The van der Waals surface area contributed by atoms with Gasteiger partial charge in [-0.3, -0.25) is 4.90 Å². The van der Waals surface area contributed by atoms with E-state index in [2.05, 4.69) is 4.98 Å². The largest absolute Gasteiger partial charge is 0.480 e. The molecule has 0 aliphatic carbocycles. The van der Waals surface area contributed by atoms with Crippen LogP contribution in [0.1, 0.15) is 0 Å². The summed E-state index contributed by atoms with van der Waals surface area (Å²) in [6.07, 6.45) is 1.50. The average Bonchev–Trinajstić information content (AvgIpc) is 2.57. The standard InChI is InChI=1S/C10H10ClN3O3/c1-13-7(9(15)16)5-14(10(13)17)6-3-2-4-12-8(6)11/h2-4,7H,5H2,1H3,(H,15,16). The van der Waals surface area contributed by atoms with Crippen LogP contribution in [0.5, 0.6) is 0 Å². The molecule has 6 nitrogen and oxygen atoms in total. The van der Waals surface area contributed by atoms with Crippen molar-refractivity contribution in [3.05, 3.63) is 23.5 Å². The van der Waals surface area contributed by atoms with Gasteiger partial charge in [-0.05, 0) is 12.1 Å². The van der Waals surface area contributed by atoms with E-state index in [1.165, 1.54) is 23.0 Å². The topological polar surface area (TPSA) is 73.7 Å². The second kappa shape index (κ2) is 4.21. The highest BCUT2D eigenvalue weighted by atomic mass is 35.5. The van der Waals surface area contributed by atoms with Gasteiger partial charge in [-0.15, -0.1) is 0 Å². The van der Waals surface area contributed by atoms with Gasteiger partial charge in [0.15, 0.2) is 5.15 Å². The number of halogens is 1. The number of rotatable bonds is 2. The lowest BCUT2D eigenvalue weighted by atomic mass is 10.3. The van der Waals surface area contributed by atoms with E-state index >= 15 is 0 Å². The Bertz CT molecular complexity index is 480. The third-order valence-corrected chi connectivity index (χ3v) is 2.96. The van der Waals surface area contributed by atoms with Crippen LogP contribution in [0.3, 0.4) is 0 Å². The van der Waals surface area contributed by atoms with Gasteiger partial charge in [0, 0.05) is 13.2 Å². The smallest absolute Gasteiger partial charge is 0.328 e. The van der Waals surface area contributed by atoms with Gasteiger partial charge in [-0.25, -0.2) is 14.6 Å². The van der Waals surface area contributed by atoms with Crippen molar-refractivity contribution < 1.29 is 14.7 Å². The number of pyridine rings is 1. The third-order valence-electron chi connectivity index (χ3n) is 2.67. The molecule has 1 aliphatic rings. The highest BCUT2D eigenvalue weighted by Crippen LogP contribution is 2.28. The molecule has 1 fully saturated rings. The summed E-state index contributed by atoms with van der Waals surface area (Å²) < 4.78 is 0. The molecule has 1 N–H and O–H groups in total. The summed E-state index contributed by atoms with van der Waals surface area (Å²) in [6, 6.07) is 2.01. The Morgan fingerprint density at radius 3 is 2.88 bits per heavy atom. The average molecular weight is 256 g/mol. The lowest BCUT2D eigenvalue weighted by molar-refractivity contribution is -0.140. The Labute approximate surface area is 102 Å². The zero-order valence-electron chi connectivity index (χ0n) is 9.00. The first-order chi connectivity index (χ1) is 8.02. The number of carbonyl (C=O) groups excluding carboxylic acids is 1. The van der Waals surface area contributed by atoms with Crippen molar-refractivity contribution in [2.75, 3.05) is 18.5 Å². The molecule has 1 aromatic rings. The molecule has 1 atom stereocenters. The van der Waals surface area contributed by atoms with Gasteiger partial charge in [-0.2, -0.15) is 0 Å². The zero-order chi connectivity index (χ0) is 12.6. The van der Waals surface area contributed by atoms with Crippen LogP contribution >= 0.6 is 11.6 Å². The van der Waals surface area contributed by atoms with Crippen molar-refractivity contribution in [1.29, 1.82) is 0 Å². The minimum absolute atomic E-state index is 0.0656. The number of carboxylic acids is 1. The van der Waals surface area contributed by atoms with E-state index in [0.717, 1.165) is 0 Å². The van der Waals surface area contributed by atoms with E-state index < -0.39 is 18.0 Å². The number of nitrogens with zero attached hydrogens (tertiary/aromatic N) is 3. The van der Waals surface area contributed by atoms with Gasteiger partial charge >= 0.3 is 12.0 Å². The highest BCUT2D eigenvalue weighted by molar-refractivity contribution is 6.32. The molecule has 2 amide bonds. The lowest BCUT2D eigenvalue weighted by Crippen LogP contribution is -2.36. The third kappa shape index (κ3) is 1.91. The maximum absolute atomic E-state index is 11.9. The molecule has 17 heavy (non-hydrogen) atoms. The summed E-state index contributed by atoms with van der Waals surface area (Å²) in [5, 5.41) is 9.15. The Kier molecular flexibility index (Phi) is 2.89. The molecule has 90 valence electrons. The Morgan fingerprint density at radius 2 is 2.35 bits per heavy atom. The molecule has 0 spiro atoms. The number of carbonyl (C=O) groups is 2. The molecule has 7 heteroatoms. The predicted molar refractivity (Wildman–Crippen MR) is 61.2 cm³/mol. The summed E-state index contributed by atoms with van der Waals surface area (Å²) in [4.78, 5) is 29.2. The van der Waals surface area contributed by atoms with Crippen molar-refractivity contribution in [2.45, 2.75) is 6.04 Å². The van der Waals surface area contributed by atoms with Crippen LogP contribution < -0.4 is 4.90 Å². The number of likely N-dealkylation sites (N-methyl/N-ethyl adjacent to an activating group) is 1. The molecule has 0 bridgehead atoms. The fourth-order valence-corrected chi connectivity index (χ4v) is 1.94. The molecule has 2 heterocycles. The fraction of sp³-hybridized carbons (Fsp3) is 0.300. The number of aliphatic carboxylic acids is 1. The minimum Gasteiger partial charge on any atom is -0.480 e. The van der Waals surface area contributed by atoms with E-state index in [9.17, 15) is 9.59 Å². The van der Waals surface area contributed by atoms with E-state index in [1.54, 1.807) is 12.1 Å². The molecular weight excluding hydrogens is 246 g/mol. The quantitative estimate of drug-likeness (QED) is 0.802. The van der Waals surface area contributed by atoms with Crippen LogP contribution in [0.15, 0.2) is 18.3 Å². The maximum atomic E-state index is 11.9. The van der Waals surface area contributed by atoms with Crippen molar-refractivity contribution in [3.63, 3.8) is 0 Å². The van der Waals surface area contributed by atoms with Gasteiger partial charge < -0.3 is 10.0 Å².